The third-order valence-corrected chi connectivity index (χ3v) is 9.65. The summed E-state index contributed by atoms with van der Waals surface area (Å²) in [5, 5.41) is 4.48. The lowest BCUT2D eigenvalue weighted by atomic mass is 9.92. The van der Waals surface area contributed by atoms with Gasteiger partial charge in [-0.25, -0.2) is 4.98 Å². The topological polar surface area (TPSA) is 39.2 Å². The smallest absolute Gasteiger partial charge is 0.136 e. The zero-order valence-corrected chi connectivity index (χ0v) is 27.0. The second kappa shape index (κ2) is 11.5. The molecule has 7 aromatic carbocycles. The summed E-state index contributed by atoms with van der Waals surface area (Å²) in [7, 11) is 0. The van der Waals surface area contributed by atoms with Crippen molar-refractivity contribution in [3.8, 4) is 55.9 Å². The molecule has 0 fully saturated rings. The van der Waals surface area contributed by atoms with Crippen molar-refractivity contribution in [3.05, 3.63) is 176 Å². The van der Waals surface area contributed by atoms with Crippen LogP contribution >= 0.6 is 0 Å². The van der Waals surface area contributed by atoms with Crippen LogP contribution in [0.5, 0.6) is 0 Å². The number of para-hydroxylation sites is 2. The van der Waals surface area contributed by atoms with Crippen molar-refractivity contribution in [1.82, 2.24) is 4.98 Å². The van der Waals surface area contributed by atoms with Crippen molar-refractivity contribution in [2.24, 2.45) is 0 Å². The Morgan fingerprint density at radius 1 is 0.260 bits per heavy atom. The highest BCUT2D eigenvalue weighted by Gasteiger charge is 2.15. The molecule has 10 aromatic rings. The molecule has 0 unspecified atom stereocenters. The molecule has 3 nitrogen and oxygen atoms in total. The molecule has 0 saturated heterocycles. The summed E-state index contributed by atoms with van der Waals surface area (Å²) in [6, 6.07) is 61.6. The second-order valence-corrected chi connectivity index (χ2v) is 12.8. The molecule has 0 spiro atoms. The van der Waals surface area contributed by atoms with Crippen molar-refractivity contribution in [1.29, 1.82) is 0 Å². The predicted octanol–water partition coefficient (Wildman–Crippen LogP) is 13.2. The van der Waals surface area contributed by atoms with Crippen LogP contribution in [0.15, 0.2) is 185 Å². The highest BCUT2D eigenvalue weighted by Crippen LogP contribution is 2.39. The molecule has 0 aliphatic rings. The maximum Gasteiger partial charge on any atom is 0.136 e. The maximum absolute atomic E-state index is 6.33. The number of aromatic nitrogens is 1. The van der Waals surface area contributed by atoms with Crippen LogP contribution in [0.25, 0.3) is 99.8 Å². The molecule has 3 heteroatoms. The van der Waals surface area contributed by atoms with Crippen molar-refractivity contribution >= 4 is 43.9 Å². The molecular weight excluding hydrogens is 611 g/mol. The van der Waals surface area contributed by atoms with E-state index in [0.29, 0.717) is 0 Å². The predicted molar refractivity (Wildman–Crippen MR) is 206 cm³/mol. The fourth-order valence-corrected chi connectivity index (χ4v) is 7.15. The number of nitrogens with zero attached hydrogens (tertiary/aromatic N) is 1. The number of pyridine rings is 1. The summed E-state index contributed by atoms with van der Waals surface area (Å²) in [6.07, 6.45) is 0. The van der Waals surface area contributed by atoms with E-state index >= 15 is 0 Å². The highest BCUT2D eigenvalue weighted by atomic mass is 16.3. The molecule has 50 heavy (non-hydrogen) atoms. The zero-order chi connectivity index (χ0) is 33.0. The molecule has 10 rings (SSSR count). The summed E-state index contributed by atoms with van der Waals surface area (Å²) in [5.74, 6) is 0. The molecular formula is C47H29NO2. The van der Waals surface area contributed by atoms with Crippen LogP contribution in [0.3, 0.4) is 0 Å². The van der Waals surface area contributed by atoms with E-state index in [1.807, 2.05) is 36.4 Å². The maximum atomic E-state index is 6.33. The van der Waals surface area contributed by atoms with E-state index in [2.05, 4.69) is 140 Å². The lowest BCUT2D eigenvalue weighted by Gasteiger charge is -2.14. The molecule has 0 saturated carbocycles. The van der Waals surface area contributed by atoms with Gasteiger partial charge >= 0.3 is 0 Å². The van der Waals surface area contributed by atoms with E-state index in [1.165, 1.54) is 0 Å². The van der Waals surface area contributed by atoms with Crippen molar-refractivity contribution in [2.75, 3.05) is 0 Å². The number of rotatable bonds is 5. The molecule has 3 aromatic heterocycles. The first-order chi connectivity index (χ1) is 24.7. The Hall–Kier alpha value is -6.71. The quantitative estimate of drug-likeness (QED) is 0.188. The van der Waals surface area contributed by atoms with Gasteiger partial charge in [0.2, 0.25) is 0 Å². The van der Waals surface area contributed by atoms with Crippen molar-refractivity contribution < 1.29 is 8.83 Å². The monoisotopic (exact) mass is 639 g/mol. The average Bonchev–Trinajstić information content (AvgIpc) is 3.76. The summed E-state index contributed by atoms with van der Waals surface area (Å²) in [6.45, 7) is 0. The number of furan rings is 2. The van der Waals surface area contributed by atoms with Gasteiger partial charge in [0.15, 0.2) is 0 Å². The first-order valence-electron chi connectivity index (χ1n) is 16.9. The van der Waals surface area contributed by atoms with Crippen molar-refractivity contribution in [2.45, 2.75) is 0 Å². The van der Waals surface area contributed by atoms with Gasteiger partial charge in [-0.05, 0) is 100 Å². The van der Waals surface area contributed by atoms with Crippen LogP contribution in [0, 0.1) is 0 Å². The van der Waals surface area contributed by atoms with E-state index in [9.17, 15) is 0 Å². The van der Waals surface area contributed by atoms with Gasteiger partial charge in [0.05, 0.1) is 11.4 Å². The highest BCUT2D eigenvalue weighted by molar-refractivity contribution is 6.07. The van der Waals surface area contributed by atoms with Crippen molar-refractivity contribution in [3.63, 3.8) is 0 Å². The number of benzene rings is 7. The number of hydrogen-bond donors (Lipinski definition) is 0. The summed E-state index contributed by atoms with van der Waals surface area (Å²) < 4.78 is 12.7. The molecule has 3 heterocycles. The van der Waals surface area contributed by atoms with Crippen LogP contribution in [-0.4, -0.2) is 4.98 Å². The molecule has 0 amide bonds. The third-order valence-electron chi connectivity index (χ3n) is 9.65. The lowest BCUT2D eigenvalue weighted by Crippen LogP contribution is -1.92. The van der Waals surface area contributed by atoms with Gasteiger partial charge in [-0.15, -0.1) is 0 Å². The second-order valence-electron chi connectivity index (χ2n) is 12.8. The normalized spacial score (nSPS) is 11.6. The third kappa shape index (κ3) is 4.87. The van der Waals surface area contributed by atoms with Gasteiger partial charge in [0, 0.05) is 32.7 Å². The average molecular weight is 640 g/mol. The van der Waals surface area contributed by atoms with Crippen LogP contribution < -0.4 is 0 Å². The van der Waals surface area contributed by atoms with Gasteiger partial charge in [-0.1, -0.05) is 109 Å². The van der Waals surface area contributed by atoms with Gasteiger partial charge in [-0.2, -0.15) is 0 Å². The lowest BCUT2D eigenvalue weighted by molar-refractivity contribution is 0.668. The van der Waals surface area contributed by atoms with Crippen LogP contribution in [0.4, 0.5) is 0 Å². The first kappa shape index (κ1) is 28.3. The largest absolute Gasteiger partial charge is 0.456 e. The van der Waals surface area contributed by atoms with Gasteiger partial charge in [-0.3, -0.25) is 0 Å². The fraction of sp³-hybridized carbons (Fsp3) is 0. The van der Waals surface area contributed by atoms with Crippen LogP contribution in [0.1, 0.15) is 0 Å². The molecule has 0 bridgehead atoms. The summed E-state index contributed by atoms with van der Waals surface area (Å²) in [5.41, 5.74) is 14.1. The molecule has 0 aliphatic heterocycles. The van der Waals surface area contributed by atoms with E-state index in [4.69, 9.17) is 13.8 Å². The molecule has 0 N–H and O–H groups in total. The Morgan fingerprint density at radius 2 is 0.640 bits per heavy atom. The minimum absolute atomic E-state index is 0.876. The van der Waals surface area contributed by atoms with E-state index in [-0.39, 0.29) is 0 Å². The molecule has 234 valence electrons. The van der Waals surface area contributed by atoms with Crippen LogP contribution in [0.2, 0.25) is 0 Å². The fourth-order valence-electron chi connectivity index (χ4n) is 7.15. The van der Waals surface area contributed by atoms with Gasteiger partial charge in [0.25, 0.3) is 0 Å². The van der Waals surface area contributed by atoms with Gasteiger partial charge in [0.1, 0.15) is 22.3 Å². The summed E-state index contributed by atoms with van der Waals surface area (Å²) in [4.78, 5) is 5.15. The molecule has 0 aliphatic carbocycles. The zero-order valence-electron chi connectivity index (χ0n) is 27.0. The molecule has 0 atom stereocenters. The SMILES string of the molecule is c1ccc(-c2cc(-c3cc(-c4ccc5c(c4)oc4ccccc45)cc(-c4ccc5c(c4)oc4ccccc45)c3)cc(-c3ccccc3)n2)cc1. The van der Waals surface area contributed by atoms with Gasteiger partial charge < -0.3 is 8.83 Å². The minimum Gasteiger partial charge on any atom is -0.456 e. The Kier molecular flexibility index (Phi) is 6.49. The van der Waals surface area contributed by atoms with E-state index in [0.717, 1.165) is 99.8 Å². The van der Waals surface area contributed by atoms with Crippen LogP contribution in [-0.2, 0) is 0 Å². The number of hydrogen-bond acceptors (Lipinski definition) is 3. The Morgan fingerprint density at radius 3 is 1.12 bits per heavy atom. The Balaban J connectivity index is 1.20. The minimum atomic E-state index is 0.876. The Bertz CT molecular complexity index is 2670. The number of fused-ring (bicyclic) bond motifs is 6. The molecule has 0 radical (unpaired) electrons. The standard InChI is InChI=1S/C47H29NO2/c1-3-11-30(12-4-1)42-26-37(27-43(48-42)31-13-5-2-6-14-31)36-24-34(32-19-21-40-38-15-7-9-17-44(38)49-46(40)28-32)23-35(25-36)33-20-22-41-39-16-8-10-18-45(39)50-47(41)29-33/h1-29H. The first-order valence-corrected chi connectivity index (χ1v) is 16.9. The summed E-state index contributed by atoms with van der Waals surface area (Å²) >= 11 is 0. The van der Waals surface area contributed by atoms with E-state index < -0.39 is 0 Å². The Labute approximate surface area is 288 Å². The van der Waals surface area contributed by atoms with E-state index in [1.54, 1.807) is 0 Å².